The van der Waals surface area contributed by atoms with Crippen molar-refractivity contribution < 1.29 is 22.4 Å². The number of para-hydroxylation sites is 1. The standard InChI is InChI=1S/C27H28Cl2FN3O4S/c1-18(2)31-27(35)19(3)32(16-23-24(28)10-7-11-25(23)29)26(34)17-33(21-8-5-4-6-9-21)38(36,37)22-14-12-20(30)13-15-22/h4-15,18-19H,16-17H2,1-3H3,(H,31,35). The van der Waals surface area contributed by atoms with Crippen LogP contribution >= 0.6 is 23.2 Å². The number of carbonyl (C=O) groups excluding carboxylic acids is 2. The third-order valence-electron chi connectivity index (χ3n) is 5.71. The first-order valence-corrected chi connectivity index (χ1v) is 14.0. The number of hydrogen-bond acceptors (Lipinski definition) is 4. The predicted molar refractivity (Wildman–Crippen MR) is 147 cm³/mol. The van der Waals surface area contributed by atoms with E-state index in [1.54, 1.807) is 69.3 Å². The number of anilines is 1. The lowest BCUT2D eigenvalue weighted by atomic mass is 10.1. The second kappa shape index (κ2) is 12.6. The Hall–Kier alpha value is -3.14. The van der Waals surface area contributed by atoms with Gasteiger partial charge in [0.2, 0.25) is 11.8 Å². The van der Waals surface area contributed by atoms with E-state index in [4.69, 9.17) is 23.2 Å². The lowest BCUT2D eigenvalue weighted by Crippen LogP contribution is -2.52. The number of nitrogens with one attached hydrogen (secondary N) is 1. The topological polar surface area (TPSA) is 86.8 Å². The number of sulfonamides is 1. The van der Waals surface area contributed by atoms with Crippen LogP contribution in [-0.4, -0.2) is 43.8 Å². The maximum atomic E-state index is 13.8. The Labute approximate surface area is 232 Å². The summed E-state index contributed by atoms with van der Waals surface area (Å²) in [6.45, 7) is 4.35. The van der Waals surface area contributed by atoms with E-state index in [0.717, 1.165) is 28.6 Å². The van der Waals surface area contributed by atoms with Gasteiger partial charge in [0.15, 0.2) is 0 Å². The van der Waals surface area contributed by atoms with Gasteiger partial charge in [-0.3, -0.25) is 13.9 Å². The zero-order valence-corrected chi connectivity index (χ0v) is 23.4. The average Bonchev–Trinajstić information content (AvgIpc) is 2.87. The van der Waals surface area contributed by atoms with Gasteiger partial charge in [-0.15, -0.1) is 0 Å². The minimum atomic E-state index is -4.29. The second-order valence-corrected chi connectivity index (χ2v) is 11.5. The number of halogens is 3. The zero-order valence-electron chi connectivity index (χ0n) is 21.1. The van der Waals surface area contributed by atoms with Crippen molar-refractivity contribution in [2.75, 3.05) is 10.8 Å². The van der Waals surface area contributed by atoms with Crippen LogP contribution in [0, 0.1) is 5.82 Å². The smallest absolute Gasteiger partial charge is 0.264 e. The van der Waals surface area contributed by atoms with E-state index in [0.29, 0.717) is 15.6 Å². The van der Waals surface area contributed by atoms with Gasteiger partial charge in [0, 0.05) is 28.2 Å². The highest BCUT2D eigenvalue weighted by molar-refractivity contribution is 7.92. The summed E-state index contributed by atoms with van der Waals surface area (Å²) in [5.74, 6) is -1.69. The average molecular weight is 581 g/mol. The summed E-state index contributed by atoms with van der Waals surface area (Å²) in [6.07, 6.45) is 0. The normalized spacial score (nSPS) is 12.2. The number of nitrogens with zero attached hydrogens (tertiary/aromatic N) is 2. The Morgan fingerprint density at radius 2 is 1.47 bits per heavy atom. The number of rotatable bonds is 10. The van der Waals surface area contributed by atoms with Crippen LogP contribution < -0.4 is 9.62 Å². The molecule has 0 fully saturated rings. The lowest BCUT2D eigenvalue weighted by Gasteiger charge is -2.32. The monoisotopic (exact) mass is 579 g/mol. The van der Waals surface area contributed by atoms with E-state index < -0.39 is 40.2 Å². The summed E-state index contributed by atoms with van der Waals surface area (Å²) in [7, 11) is -4.29. The van der Waals surface area contributed by atoms with E-state index in [1.165, 1.54) is 4.90 Å². The van der Waals surface area contributed by atoms with E-state index in [-0.39, 0.29) is 23.2 Å². The summed E-state index contributed by atoms with van der Waals surface area (Å²) >= 11 is 12.7. The van der Waals surface area contributed by atoms with Crippen molar-refractivity contribution in [1.82, 2.24) is 10.2 Å². The van der Waals surface area contributed by atoms with E-state index in [1.807, 2.05) is 0 Å². The third-order valence-corrected chi connectivity index (χ3v) is 8.21. The Morgan fingerprint density at radius 1 is 0.895 bits per heavy atom. The quantitative estimate of drug-likeness (QED) is 0.354. The van der Waals surface area contributed by atoms with E-state index in [2.05, 4.69) is 5.32 Å². The molecule has 202 valence electrons. The summed E-state index contributed by atoms with van der Waals surface area (Å²) in [5, 5.41) is 3.37. The molecule has 11 heteroatoms. The van der Waals surface area contributed by atoms with Crippen molar-refractivity contribution in [1.29, 1.82) is 0 Å². The van der Waals surface area contributed by atoms with Gasteiger partial charge in [0.25, 0.3) is 10.0 Å². The highest BCUT2D eigenvalue weighted by Crippen LogP contribution is 2.28. The van der Waals surface area contributed by atoms with Crippen LogP contribution in [0.15, 0.2) is 77.7 Å². The van der Waals surface area contributed by atoms with E-state index >= 15 is 0 Å². The first-order chi connectivity index (χ1) is 17.9. The molecule has 2 amide bonds. The number of carbonyl (C=O) groups is 2. The molecule has 38 heavy (non-hydrogen) atoms. The van der Waals surface area contributed by atoms with Crippen molar-refractivity contribution in [2.45, 2.75) is 44.3 Å². The van der Waals surface area contributed by atoms with Crippen molar-refractivity contribution in [2.24, 2.45) is 0 Å². The lowest BCUT2D eigenvalue weighted by molar-refractivity contribution is -0.139. The highest BCUT2D eigenvalue weighted by Gasteiger charge is 2.33. The fourth-order valence-electron chi connectivity index (χ4n) is 3.70. The molecule has 3 aromatic carbocycles. The number of benzene rings is 3. The fraction of sp³-hybridized carbons (Fsp3) is 0.259. The Kier molecular flexibility index (Phi) is 9.76. The molecule has 0 saturated heterocycles. The van der Waals surface area contributed by atoms with E-state index in [9.17, 15) is 22.4 Å². The molecule has 0 heterocycles. The van der Waals surface area contributed by atoms with Crippen molar-refractivity contribution in [3.63, 3.8) is 0 Å². The third kappa shape index (κ3) is 7.03. The van der Waals surface area contributed by atoms with Crippen LogP contribution in [0.1, 0.15) is 26.3 Å². The molecule has 7 nitrogen and oxygen atoms in total. The van der Waals surface area contributed by atoms with Crippen LogP contribution in [0.4, 0.5) is 10.1 Å². The molecule has 1 unspecified atom stereocenters. The molecule has 0 spiro atoms. The number of hydrogen-bond donors (Lipinski definition) is 1. The van der Waals surface area contributed by atoms with Gasteiger partial charge in [-0.1, -0.05) is 47.5 Å². The molecule has 0 aliphatic heterocycles. The Bertz CT molecular complexity index is 1370. The summed E-state index contributed by atoms with van der Waals surface area (Å²) in [5.41, 5.74) is 0.640. The summed E-state index contributed by atoms with van der Waals surface area (Å²) in [6, 6.07) is 16.1. The largest absolute Gasteiger partial charge is 0.352 e. The predicted octanol–water partition coefficient (Wildman–Crippen LogP) is 5.27. The zero-order chi connectivity index (χ0) is 28.0. The maximum Gasteiger partial charge on any atom is 0.264 e. The van der Waals surface area contributed by atoms with Crippen molar-refractivity contribution >= 4 is 50.7 Å². The van der Waals surface area contributed by atoms with Crippen molar-refractivity contribution in [3.8, 4) is 0 Å². The second-order valence-electron chi connectivity index (χ2n) is 8.86. The number of amides is 2. The molecule has 0 bridgehead atoms. The van der Waals surface area contributed by atoms with Crippen LogP contribution in [0.5, 0.6) is 0 Å². The van der Waals surface area contributed by atoms with Crippen LogP contribution in [0.3, 0.4) is 0 Å². The Balaban J connectivity index is 2.04. The minimum absolute atomic E-state index is 0.136. The molecular weight excluding hydrogens is 552 g/mol. The molecule has 0 aliphatic rings. The SMILES string of the molecule is CC(C)NC(=O)C(C)N(Cc1c(Cl)cccc1Cl)C(=O)CN(c1ccccc1)S(=O)(=O)c1ccc(F)cc1. The Morgan fingerprint density at radius 3 is 2.03 bits per heavy atom. The van der Waals surface area contributed by atoms with Crippen LogP contribution in [-0.2, 0) is 26.2 Å². The van der Waals surface area contributed by atoms with Crippen LogP contribution in [0.2, 0.25) is 10.0 Å². The molecule has 3 rings (SSSR count). The molecule has 3 aromatic rings. The molecule has 0 aliphatic carbocycles. The molecular formula is C27H28Cl2FN3O4S. The summed E-state index contributed by atoms with van der Waals surface area (Å²) < 4.78 is 41.7. The maximum absolute atomic E-state index is 13.8. The first-order valence-electron chi connectivity index (χ1n) is 11.8. The minimum Gasteiger partial charge on any atom is -0.352 e. The molecule has 0 aromatic heterocycles. The molecule has 0 saturated carbocycles. The van der Waals surface area contributed by atoms with Gasteiger partial charge in [0.05, 0.1) is 10.6 Å². The van der Waals surface area contributed by atoms with Gasteiger partial charge in [-0.05, 0) is 69.3 Å². The molecule has 1 atom stereocenters. The molecule has 0 radical (unpaired) electrons. The van der Waals surface area contributed by atoms with Gasteiger partial charge < -0.3 is 10.2 Å². The summed E-state index contributed by atoms with van der Waals surface area (Å²) in [4.78, 5) is 27.8. The first kappa shape index (κ1) is 29.4. The fourth-order valence-corrected chi connectivity index (χ4v) is 5.63. The highest BCUT2D eigenvalue weighted by atomic mass is 35.5. The van der Waals surface area contributed by atoms with Gasteiger partial charge in [-0.25, -0.2) is 12.8 Å². The van der Waals surface area contributed by atoms with Gasteiger partial charge in [-0.2, -0.15) is 0 Å². The molecule has 1 N–H and O–H groups in total. The van der Waals surface area contributed by atoms with Gasteiger partial charge in [0.1, 0.15) is 18.4 Å². The van der Waals surface area contributed by atoms with Gasteiger partial charge >= 0.3 is 0 Å². The van der Waals surface area contributed by atoms with Crippen molar-refractivity contribution in [3.05, 3.63) is 94.2 Å². The van der Waals surface area contributed by atoms with Crippen LogP contribution in [0.25, 0.3) is 0 Å².